The van der Waals surface area contributed by atoms with Gasteiger partial charge < -0.3 is 10.6 Å². The first-order chi connectivity index (χ1) is 7.76. The van der Waals surface area contributed by atoms with Gasteiger partial charge in [0.25, 0.3) is 0 Å². The molecule has 5 nitrogen and oxygen atoms in total. The highest BCUT2D eigenvalue weighted by Gasteiger charge is 2.13. The van der Waals surface area contributed by atoms with Gasteiger partial charge in [-0.1, -0.05) is 0 Å². The maximum absolute atomic E-state index is 11.6. The molecule has 0 radical (unpaired) electrons. The number of hydrogen-bond acceptors (Lipinski definition) is 4. The molecule has 1 aromatic rings. The second-order valence-electron chi connectivity index (χ2n) is 5.09. The Bertz CT molecular complexity index is 389. The zero-order valence-corrected chi connectivity index (χ0v) is 11.1. The molecule has 5 heteroatoms. The van der Waals surface area contributed by atoms with Crippen molar-refractivity contribution in [1.82, 2.24) is 15.3 Å². The fraction of sp³-hybridized carbons (Fsp3) is 0.583. The lowest BCUT2D eigenvalue weighted by atomic mass is 10.1. The van der Waals surface area contributed by atoms with E-state index in [9.17, 15) is 4.79 Å². The van der Waals surface area contributed by atoms with E-state index in [0.717, 1.165) is 5.69 Å². The number of carbonyl (C=O) groups is 1. The molecule has 0 saturated carbocycles. The van der Waals surface area contributed by atoms with E-state index in [1.165, 1.54) is 0 Å². The van der Waals surface area contributed by atoms with E-state index in [2.05, 4.69) is 20.6 Å². The Hall–Kier alpha value is -1.65. The number of nitrogens with zero attached hydrogens (tertiary/aromatic N) is 2. The van der Waals surface area contributed by atoms with Gasteiger partial charge in [0, 0.05) is 17.3 Å². The molecule has 1 amide bonds. The summed E-state index contributed by atoms with van der Waals surface area (Å²) in [7, 11) is 0. The Kier molecular flexibility index (Phi) is 4.04. The fourth-order valence-electron chi connectivity index (χ4n) is 1.44. The second kappa shape index (κ2) is 5.12. The van der Waals surface area contributed by atoms with Crippen molar-refractivity contribution < 1.29 is 4.79 Å². The third-order valence-corrected chi connectivity index (χ3v) is 1.91. The first-order valence-corrected chi connectivity index (χ1v) is 5.63. The van der Waals surface area contributed by atoms with Crippen molar-refractivity contribution in [2.75, 3.05) is 11.9 Å². The summed E-state index contributed by atoms with van der Waals surface area (Å²) in [6.45, 7) is 9.79. The molecule has 0 bridgehead atoms. The first kappa shape index (κ1) is 13.4. The molecule has 0 unspecified atom stereocenters. The zero-order chi connectivity index (χ0) is 13.1. The van der Waals surface area contributed by atoms with Gasteiger partial charge in [0.1, 0.15) is 11.6 Å². The molecule has 1 rings (SSSR count). The summed E-state index contributed by atoms with van der Waals surface area (Å²) < 4.78 is 0. The molecular weight excluding hydrogens is 216 g/mol. The topological polar surface area (TPSA) is 66.9 Å². The van der Waals surface area contributed by atoms with E-state index in [-0.39, 0.29) is 18.0 Å². The summed E-state index contributed by atoms with van der Waals surface area (Å²) in [6.07, 6.45) is 0. The minimum Gasteiger partial charge on any atom is -0.361 e. The normalized spacial score (nSPS) is 11.1. The minimum atomic E-state index is -0.212. The summed E-state index contributed by atoms with van der Waals surface area (Å²) in [5.41, 5.74) is 0.673. The highest BCUT2D eigenvalue weighted by molar-refractivity contribution is 5.81. The molecular formula is C12H20N4O. The molecule has 0 aromatic carbocycles. The van der Waals surface area contributed by atoms with Crippen LogP contribution in [0.4, 0.5) is 5.82 Å². The number of anilines is 1. The van der Waals surface area contributed by atoms with Crippen molar-refractivity contribution in [3.05, 3.63) is 17.6 Å². The molecule has 94 valence electrons. The lowest BCUT2D eigenvalue weighted by molar-refractivity contribution is -0.120. The predicted octanol–water partition coefficient (Wildman–Crippen LogP) is 1.42. The first-order valence-electron chi connectivity index (χ1n) is 5.63. The standard InChI is InChI=1S/C12H20N4O/c1-8-6-10(15-9(2)14-8)13-7-11(17)16-12(3,4)5/h6H,7H2,1-5H3,(H,16,17)(H,13,14,15). The van der Waals surface area contributed by atoms with E-state index >= 15 is 0 Å². The van der Waals surface area contributed by atoms with E-state index in [1.54, 1.807) is 0 Å². The van der Waals surface area contributed by atoms with Crippen molar-refractivity contribution in [1.29, 1.82) is 0 Å². The van der Waals surface area contributed by atoms with Gasteiger partial charge in [-0.05, 0) is 34.6 Å². The van der Waals surface area contributed by atoms with Crippen molar-refractivity contribution in [2.45, 2.75) is 40.2 Å². The van der Waals surface area contributed by atoms with E-state index in [1.807, 2.05) is 40.7 Å². The Morgan fingerprint density at radius 2 is 1.94 bits per heavy atom. The molecule has 0 atom stereocenters. The van der Waals surface area contributed by atoms with Gasteiger partial charge in [0.15, 0.2) is 0 Å². The molecule has 2 N–H and O–H groups in total. The third-order valence-electron chi connectivity index (χ3n) is 1.91. The predicted molar refractivity (Wildman–Crippen MR) is 67.9 cm³/mol. The van der Waals surface area contributed by atoms with Crippen LogP contribution in [0, 0.1) is 13.8 Å². The molecule has 0 aliphatic rings. The average Bonchev–Trinajstić information content (AvgIpc) is 2.10. The van der Waals surface area contributed by atoms with E-state index in [4.69, 9.17) is 0 Å². The SMILES string of the molecule is Cc1cc(NCC(=O)NC(C)(C)C)nc(C)n1. The molecule has 0 fully saturated rings. The van der Waals surface area contributed by atoms with Crippen LogP contribution in [-0.4, -0.2) is 28.0 Å². The molecule has 0 aliphatic heterocycles. The van der Waals surface area contributed by atoms with Crippen LogP contribution >= 0.6 is 0 Å². The smallest absolute Gasteiger partial charge is 0.239 e. The average molecular weight is 236 g/mol. The van der Waals surface area contributed by atoms with Crippen LogP contribution in [0.2, 0.25) is 0 Å². The Labute approximate surface area is 102 Å². The van der Waals surface area contributed by atoms with Gasteiger partial charge in [0.2, 0.25) is 5.91 Å². The number of aryl methyl sites for hydroxylation is 2. The summed E-state index contributed by atoms with van der Waals surface area (Å²) >= 11 is 0. The van der Waals surface area contributed by atoms with Crippen LogP contribution in [-0.2, 0) is 4.79 Å². The Morgan fingerprint density at radius 1 is 1.29 bits per heavy atom. The van der Waals surface area contributed by atoms with E-state index < -0.39 is 0 Å². The van der Waals surface area contributed by atoms with Crippen LogP contribution < -0.4 is 10.6 Å². The van der Waals surface area contributed by atoms with E-state index in [0.29, 0.717) is 11.6 Å². The number of rotatable bonds is 3. The summed E-state index contributed by atoms with van der Waals surface area (Å²) in [5, 5.41) is 5.86. The van der Waals surface area contributed by atoms with Crippen LogP contribution in [0.1, 0.15) is 32.3 Å². The zero-order valence-electron chi connectivity index (χ0n) is 11.1. The maximum atomic E-state index is 11.6. The molecule has 0 saturated heterocycles. The molecule has 0 aliphatic carbocycles. The van der Waals surface area contributed by atoms with Gasteiger partial charge in [-0.3, -0.25) is 4.79 Å². The number of aromatic nitrogens is 2. The van der Waals surface area contributed by atoms with Crippen molar-refractivity contribution in [2.24, 2.45) is 0 Å². The van der Waals surface area contributed by atoms with Crippen molar-refractivity contribution in [3.8, 4) is 0 Å². The number of amides is 1. The summed E-state index contributed by atoms with van der Waals surface area (Å²) in [5.74, 6) is 1.33. The molecule has 0 spiro atoms. The monoisotopic (exact) mass is 236 g/mol. The number of nitrogens with one attached hydrogen (secondary N) is 2. The largest absolute Gasteiger partial charge is 0.361 e. The third kappa shape index (κ3) is 5.29. The quantitative estimate of drug-likeness (QED) is 0.833. The molecule has 1 heterocycles. The van der Waals surface area contributed by atoms with Gasteiger partial charge in [0.05, 0.1) is 6.54 Å². The minimum absolute atomic E-state index is 0.0496. The summed E-state index contributed by atoms with van der Waals surface area (Å²) in [4.78, 5) is 20.0. The van der Waals surface area contributed by atoms with Crippen molar-refractivity contribution >= 4 is 11.7 Å². The maximum Gasteiger partial charge on any atom is 0.239 e. The van der Waals surface area contributed by atoms with Gasteiger partial charge in [-0.25, -0.2) is 9.97 Å². The second-order valence-corrected chi connectivity index (χ2v) is 5.09. The van der Waals surface area contributed by atoms with Crippen LogP contribution in [0.3, 0.4) is 0 Å². The Morgan fingerprint density at radius 3 is 2.47 bits per heavy atom. The van der Waals surface area contributed by atoms with Crippen LogP contribution in [0.25, 0.3) is 0 Å². The van der Waals surface area contributed by atoms with Crippen molar-refractivity contribution in [3.63, 3.8) is 0 Å². The molecule has 17 heavy (non-hydrogen) atoms. The van der Waals surface area contributed by atoms with Gasteiger partial charge >= 0.3 is 0 Å². The Balaban J connectivity index is 2.53. The van der Waals surface area contributed by atoms with Gasteiger partial charge in [-0.2, -0.15) is 0 Å². The highest BCUT2D eigenvalue weighted by atomic mass is 16.2. The van der Waals surface area contributed by atoms with Crippen LogP contribution in [0.15, 0.2) is 6.07 Å². The number of hydrogen-bond donors (Lipinski definition) is 2. The number of carbonyl (C=O) groups excluding carboxylic acids is 1. The fourth-order valence-corrected chi connectivity index (χ4v) is 1.44. The van der Waals surface area contributed by atoms with Gasteiger partial charge in [-0.15, -0.1) is 0 Å². The summed E-state index contributed by atoms with van der Waals surface area (Å²) in [6, 6.07) is 1.82. The lowest BCUT2D eigenvalue weighted by Gasteiger charge is -2.20. The highest BCUT2D eigenvalue weighted by Crippen LogP contribution is 2.05. The van der Waals surface area contributed by atoms with Crippen LogP contribution in [0.5, 0.6) is 0 Å². The molecule has 1 aromatic heterocycles. The lowest BCUT2D eigenvalue weighted by Crippen LogP contribution is -2.43.